The number of ether oxygens (including phenoxy) is 1. The molecule has 14 heteroatoms. The summed E-state index contributed by atoms with van der Waals surface area (Å²) in [4.78, 5) is 26.5. The zero-order valence-corrected chi connectivity index (χ0v) is 24.7. The molecule has 0 aliphatic carbocycles. The van der Waals surface area contributed by atoms with Crippen LogP contribution in [0.5, 0.6) is 11.5 Å². The van der Waals surface area contributed by atoms with Crippen molar-refractivity contribution in [2.24, 2.45) is 11.7 Å². The zero-order valence-electron chi connectivity index (χ0n) is 22.4. The Labute approximate surface area is 253 Å². The van der Waals surface area contributed by atoms with Crippen LogP contribution in [-0.2, 0) is 14.8 Å². The third kappa shape index (κ3) is 8.28. The van der Waals surface area contributed by atoms with E-state index in [2.05, 4.69) is 15.4 Å². The Bertz CT molecular complexity index is 1560. The molecule has 3 aromatic rings. The molecule has 1 heterocycles. The number of carbonyl (C=O) groups is 2. The summed E-state index contributed by atoms with van der Waals surface area (Å²) >= 11 is 12.1. The lowest BCUT2D eigenvalue weighted by molar-refractivity contribution is -0.120. The van der Waals surface area contributed by atoms with Gasteiger partial charge in [-0.05, 0) is 73.4 Å². The van der Waals surface area contributed by atoms with Gasteiger partial charge in [0.15, 0.2) is 11.7 Å². The van der Waals surface area contributed by atoms with E-state index in [4.69, 9.17) is 39.1 Å². The summed E-state index contributed by atoms with van der Waals surface area (Å²) in [6.45, 7) is 1.60. The molecule has 1 fully saturated rings. The topological polar surface area (TPSA) is 167 Å². The lowest BCUT2D eigenvalue weighted by atomic mass is 9.97. The van der Waals surface area contributed by atoms with Gasteiger partial charge in [-0.2, -0.15) is 0 Å². The van der Waals surface area contributed by atoms with Gasteiger partial charge in [-0.15, -0.1) is 0 Å². The molecule has 0 unspecified atom stereocenters. The molecule has 11 nitrogen and oxygen atoms in total. The van der Waals surface area contributed by atoms with Crippen LogP contribution < -0.4 is 25.8 Å². The first-order chi connectivity index (χ1) is 20.0. The van der Waals surface area contributed by atoms with E-state index < -0.39 is 15.9 Å². The number of hydrogen-bond donors (Lipinski definition) is 5. The van der Waals surface area contributed by atoms with Crippen molar-refractivity contribution in [1.29, 1.82) is 5.41 Å². The lowest BCUT2D eigenvalue weighted by Gasteiger charge is -2.32. The number of piperidine rings is 1. The fourth-order valence-corrected chi connectivity index (χ4v) is 5.78. The second kappa shape index (κ2) is 13.8. The van der Waals surface area contributed by atoms with Crippen molar-refractivity contribution in [2.75, 3.05) is 30.9 Å². The van der Waals surface area contributed by atoms with Gasteiger partial charge in [0.2, 0.25) is 5.91 Å². The van der Waals surface area contributed by atoms with E-state index in [0.717, 1.165) is 12.8 Å². The number of para-hydroxylation sites is 2. The molecule has 2 amide bonds. The van der Waals surface area contributed by atoms with Crippen molar-refractivity contribution in [3.63, 3.8) is 0 Å². The number of amides is 2. The highest BCUT2D eigenvalue weighted by molar-refractivity contribution is 7.92. The number of nitrogens with one attached hydrogen (secondary N) is 4. The average Bonchev–Trinajstić information content (AvgIpc) is 2.97. The van der Waals surface area contributed by atoms with Crippen molar-refractivity contribution < 1.29 is 22.7 Å². The molecule has 0 bridgehead atoms. The van der Waals surface area contributed by atoms with Crippen LogP contribution >= 0.6 is 23.2 Å². The Morgan fingerprint density at radius 1 is 0.976 bits per heavy atom. The van der Waals surface area contributed by atoms with Gasteiger partial charge in [-0.1, -0.05) is 35.3 Å². The summed E-state index contributed by atoms with van der Waals surface area (Å²) in [6, 6.07) is 16.5. The van der Waals surface area contributed by atoms with Gasteiger partial charge in [0, 0.05) is 30.2 Å². The van der Waals surface area contributed by atoms with E-state index >= 15 is 0 Å². The van der Waals surface area contributed by atoms with Gasteiger partial charge in [0.05, 0.1) is 22.2 Å². The van der Waals surface area contributed by atoms with Gasteiger partial charge in [0.25, 0.3) is 15.9 Å². The minimum Gasteiger partial charge on any atom is -0.454 e. The predicted molar refractivity (Wildman–Crippen MR) is 162 cm³/mol. The maximum atomic E-state index is 13.1. The lowest BCUT2D eigenvalue weighted by Crippen LogP contribution is -2.45. The number of hydrogen-bond acceptors (Lipinski definition) is 6. The SMILES string of the molecule is N=C(N)N1CCC(CNC(=O)CNC(=O)c2ccc(S(=O)(=O)Nc3ccccc3Oc3ccc(Cl)cc3Cl)cc2)CC1. The smallest absolute Gasteiger partial charge is 0.262 e. The molecule has 222 valence electrons. The van der Waals surface area contributed by atoms with Gasteiger partial charge in [-0.25, -0.2) is 8.42 Å². The van der Waals surface area contributed by atoms with Crippen LogP contribution in [0.3, 0.4) is 0 Å². The van der Waals surface area contributed by atoms with Gasteiger partial charge in [-0.3, -0.25) is 19.7 Å². The summed E-state index contributed by atoms with van der Waals surface area (Å²) in [6.07, 6.45) is 1.62. The molecule has 0 aromatic heterocycles. The first-order valence-corrected chi connectivity index (χ1v) is 15.2. The number of rotatable bonds is 10. The van der Waals surface area contributed by atoms with Crippen LogP contribution in [0.4, 0.5) is 5.69 Å². The number of guanidine groups is 1. The molecule has 1 aliphatic rings. The fraction of sp³-hybridized carbons (Fsp3) is 0.250. The monoisotopic (exact) mass is 632 g/mol. The average molecular weight is 634 g/mol. The standard InChI is InChI=1S/C28H30Cl2N6O5S/c29-20-7-10-24(22(30)15-20)41-25-4-2-1-3-23(25)35-42(39,40)21-8-5-19(6-9-21)27(38)34-17-26(37)33-16-18-11-13-36(14-12-18)28(31)32/h1-10,15,18,35H,11-14,16-17H2,(H3,31,32)(H,33,37)(H,34,38). The minimum atomic E-state index is -4.04. The van der Waals surface area contributed by atoms with Crippen molar-refractivity contribution in [3.8, 4) is 11.5 Å². The molecule has 0 atom stereocenters. The van der Waals surface area contributed by atoms with Crippen LogP contribution in [0.15, 0.2) is 71.6 Å². The quantitative estimate of drug-likeness (QED) is 0.166. The number of nitrogens with zero attached hydrogens (tertiary/aromatic N) is 1. The van der Waals surface area contributed by atoms with E-state index in [0.29, 0.717) is 30.4 Å². The third-order valence-electron chi connectivity index (χ3n) is 6.62. The van der Waals surface area contributed by atoms with Crippen molar-refractivity contribution >= 4 is 56.7 Å². The molecule has 0 spiro atoms. The summed E-state index contributed by atoms with van der Waals surface area (Å²) in [5.41, 5.74) is 5.88. The molecule has 42 heavy (non-hydrogen) atoms. The van der Waals surface area contributed by atoms with Crippen LogP contribution in [0.2, 0.25) is 10.0 Å². The number of carbonyl (C=O) groups excluding carboxylic acids is 2. The highest BCUT2D eigenvalue weighted by Crippen LogP contribution is 2.35. The zero-order chi connectivity index (χ0) is 30.3. The number of likely N-dealkylation sites (tertiary alicyclic amines) is 1. The van der Waals surface area contributed by atoms with Gasteiger partial charge in [0.1, 0.15) is 5.75 Å². The molecular formula is C28H30Cl2N6O5S. The third-order valence-corrected chi connectivity index (χ3v) is 8.54. The number of nitrogens with two attached hydrogens (primary N) is 1. The van der Waals surface area contributed by atoms with Crippen molar-refractivity contribution in [2.45, 2.75) is 17.7 Å². The second-order valence-corrected chi connectivity index (χ2v) is 12.1. The van der Waals surface area contributed by atoms with Crippen LogP contribution in [0, 0.1) is 11.3 Å². The molecule has 4 rings (SSSR count). The second-order valence-electron chi connectivity index (χ2n) is 9.61. The Kier molecular flexibility index (Phi) is 10.2. The van der Waals surface area contributed by atoms with Crippen LogP contribution in [0.25, 0.3) is 0 Å². The Balaban J connectivity index is 1.30. The molecule has 0 radical (unpaired) electrons. The van der Waals surface area contributed by atoms with E-state index in [1.54, 1.807) is 41.3 Å². The first-order valence-electron chi connectivity index (χ1n) is 13.0. The number of halogens is 2. The number of benzene rings is 3. The minimum absolute atomic E-state index is 0.0537. The Hall–Kier alpha value is -4.00. The highest BCUT2D eigenvalue weighted by Gasteiger charge is 2.21. The van der Waals surface area contributed by atoms with E-state index in [-0.39, 0.29) is 51.2 Å². The van der Waals surface area contributed by atoms with Gasteiger partial charge >= 0.3 is 0 Å². The largest absolute Gasteiger partial charge is 0.454 e. The molecular weight excluding hydrogens is 603 g/mol. The van der Waals surface area contributed by atoms with Crippen molar-refractivity contribution in [3.05, 3.63) is 82.3 Å². The summed E-state index contributed by atoms with van der Waals surface area (Å²) < 4.78 is 34.5. The molecule has 3 aromatic carbocycles. The summed E-state index contributed by atoms with van der Waals surface area (Å²) in [5, 5.41) is 13.5. The van der Waals surface area contributed by atoms with Crippen molar-refractivity contribution in [1.82, 2.24) is 15.5 Å². The van der Waals surface area contributed by atoms with Crippen LogP contribution in [0.1, 0.15) is 23.2 Å². The first kappa shape index (κ1) is 30.9. The summed E-state index contributed by atoms with van der Waals surface area (Å²) in [5.74, 6) is -0.0000840. The maximum absolute atomic E-state index is 13.1. The van der Waals surface area contributed by atoms with E-state index in [9.17, 15) is 18.0 Å². The fourth-order valence-electron chi connectivity index (χ4n) is 4.27. The molecule has 1 aliphatic heterocycles. The van der Waals surface area contributed by atoms with E-state index in [1.807, 2.05) is 0 Å². The maximum Gasteiger partial charge on any atom is 0.262 e. The number of anilines is 1. The number of sulfonamides is 1. The Morgan fingerprint density at radius 2 is 1.67 bits per heavy atom. The predicted octanol–water partition coefficient (Wildman–Crippen LogP) is 4.04. The molecule has 6 N–H and O–H groups in total. The molecule has 1 saturated heterocycles. The molecule has 0 saturated carbocycles. The van der Waals surface area contributed by atoms with Crippen LogP contribution in [-0.4, -0.2) is 57.3 Å². The highest BCUT2D eigenvalue weighted by atomic mass is 35.5. The normalized spacial score (nSPS) is 13.7. The Morgan fingerprint density at radius 3 is 2.33 bits per heavy atom. The summed E-state index contributed by atoms with van der Waals surface area (Å²) in [7, 11) is -4.04. The van der Waals surface area contributed by atoms with Gasteiger partial charge < -0.3 is 26.0 Å². The van der Waals surface area contributed by atoms with E-state index in [1.165, 1.54) is 30.3 Å².